The van der Waals surface area contributed by atoms with Gasteiger partial charge in [0, 0.05) is 19.6 Å². The number of nitrogens with zero attached hydrogens (tertiary/aromatic N) is 1. The van der Waals surface area contributed by atoms with Crippen LogP contribution in [0, 0.1) is 0 Å². The number of likely N-dealkylation sites (N-methyl/N-ethyl adjacent to an activating group) is 1. The van der Waals surface area contributed by atoms with Gasteiger partial charge >= 0.3 is 0 Å². The molecule has 0 aromatic heterocycles. The fraction of sp³-hybridized carbons (Fsp3) is 0.600. The third kappa shape index (κ3) is 6.74. The predicted molar refractivity (Wildman–Crippen MR) is 76.8 cm³/mol. The summed E-state index contributed by atoms with van der Waals surface area (Å²) < 4.78 is 5.60. The minimum Gasteiger partial charge on any atom is -0.375 e. The second-order valence-electron chi connectivity index (χ2n) is 4.32. The molecule has 3 nitrogen and oxygen atoms in total. The summed E-state index contributed by atoms with van der Waals surface area (Å²) >= 11 is 0. The van der Waals surface area contributed by atoms with Crippen LogP contribution in [0.5, 0.6) is 0 Å². The first-order valence-electron chi connectivity index (χ1n) is 6.91. The van der Waals surface area contributed by atoms with Crippen LogP contribution in [0.15, 0.2) is 30.3 Å². The summed E-state index contributed by atoms with van der Waals surface area (Å²) in [6.45, 7) is 11.2. The highest BCUT2D eigenvalue weighted by Crippen LogP contribution is 1.99. The minimum absolute atomic E-state index is 0.707. The molecule has 3 heteroatoms. The normalized spacial score (nSPS) is 11.1. The highest BCUT2D eigenvalue weighted by molar-refractivity contribution is 5.13. The van der Waals surface area contributed by atoms with Crippen molar-refractivity contribution in [3.63, 3.8) is 0 Å². The molecule has 0 amide bonds. The summed E-state index contributed by atoms with van der Waals surface area (Å²) in [7, 11) is 0. The summed E-state index contributed by atoms with van der Waals surface area (Å²) in [6.07, 6.45) is 0. The number of rotatable bonds is 10. The molecule has 0 unspecified atom stereocenters. The molecule has 0 atom stereocenters. The summed E-state index contributed by atoms with van der Waals surface area (Å²) in [5, 5.41) is 3.40. The van der Waals surface area contributed by atoms with Gasteiger partial charge in [0.1, 0.15) is 0 Å². The maximum absolute atomic E-state index is 5.60. The van der Waals surface area contributed by atoms with Gasteiger partial charge in [0.2, 0.25) is 0 Å². The van der Waals surface area contributed by atoms with Crippen LogP contribution in [0.1, 0.15) is 19.4 Å². The molecule has 0 bridgehead atoms. The lowest BCUT2D eigenvalue weighted by Crippen LogP contribution is -2.33. The average molecular weight is 250 g/mol. The maximum Gasteiger partial charge on any atom is 0.0717 e. The molecule has 0 aliphatic heterocycles. The van der Waals surface area contributed by atoms with E-state index in [-0.39, 0.29) is 0 Å². The monoisotopic (exact) mass is 250 g/mol. The second-order valence-corrected chi connectivity index (χ2v) is 4.32. The van der Waals surface area contributed by atoms with E-state index in [1.807, 2.05) is 18.2 Å². The average Bonchev–Trinajstić information content (AvgIpc) is 2.43. The van der Waals surface area contributed by atoms with Crippen molar-refractivity contribution in [1.82, 2.24) is 10.2 Å². The Labute approximate surface area is 111 Å². The third-order valence-corrected chi connectivity index (χ3v) is 3.03. The molecule has 18 heavy (non-hydrogen) atoms. The number of ether oxygens (including phenoxy) is 1. The van der Waals surface area contributed by atoms with Gasteiger partial charge in [-0.05, 0) is 18.7 Å². The van der Waals surface area contributed by atoms with Crippen molar-refractivity contribution in [3.8, 4) is 0 Å². The molecule has 102 valence electrons. The number of hydrogen-bond donors (Lipinski definition) is 1. The van der Waals surface area contributed by atoms with Crippen molar-refractivity contribution >= 4 is 0 Å². The van der Waals surface area contributed by atoms with Gasteiger partial charge in [-0.3, -0.25) is 0 Å². The number of benzene rings is 1. The van der Waals surface area contributed by atoms with Crippen LogP contribution in [0.3, 0.4) is 0 Å². The molecular weight excluding hydrogens is 224 g/mol. The van der Waals surface area contributed by atoms with Crippen molar-refractivity contribution < 1.29 is 4.74 Å². The van der Waals surface area contributed by atoms with Crippen LogP contribution in [-0.2, 0) is 11.3 Å². The van der Waals surface area contributed by atoms with E-state index in [2.05, 4.69) is 36.2 Å². The van der Waals surface area contributed by atoms with E-state index in [0.717, 1.165) is 39.3 Å². The summed E-state index contributed by atoms with van der Waals surface area (Å²) in [5.74, 6) is 0. The van der Waals surface area contributed by atoms with Crippen LogP contribution in [0.25, 0.3) is 0 Å². The smallest absolute Gasteiger partial charge is 0.0717 e. The Morgan fingerprint density at radius 3 is 2.44 bits per heavy atom. The molecular formula is C15H26N2O. The van der Waals surface area contributed by atoms with E-state index in [1.165, 1.54) is 5.56 Å². The molecule has 0 aliphatic rings. The Bertz CT molecular complexity index is 286. The lowest BCUT2D eigenvalue weighted by Gasteiger charge is -2.17. The van der Waals surface area contributed by atoms with Gasteiger partial charge in [0.05, 0.1) is 13.2 Å². The van der Waals surface area contributed by atoms with Crippen LogP contribution in [0.2, 0.25) is 0 Å². The fourth-order valence-corrected chi connectivity index (χ4v) is 1.81. The van der Waals surface area contributed by atoms with Crippen LogP contribution < -0.4 is 5.32 Å². The minimum atomic E-state index is 0.707. The van der Waals surface area contributed by atoms with Gasteiger partial charge in [0.15, 0.2) is 0 Å². The Morgan fingerprint density at radius 2 is 1.78 bits per heavy atom. The third-order valence-electron chi connectivity index (χ3n) is 3.03. The predicted octanol–water partition coefficient (Wildman–Crippen LogP) is 2.13. The van der Waals surface area contributed by atoms with Crippen molar-refractivity contribution in [2.24, 2.45) is 0 Å². The fourth-order valence-electron chi connectivity index (χ4n) is 1.81. The molecule has 0 saturated heterocycles. The molecule has 0 spiro atoms. The van der Waals surface area contributed by atoms with E-state index in [0.29, 0.717) is 6.61 Å². The molecule has 0 heterocycles. The van der Waals surface area contributed by atoms with Gasteiger partial charge in [-0.15, -0.1) is 0 Å². The molecule has 0 fully saturated rings. The molecule has 1 aromatic rings. The van der Waals surface area contributed by atoms with Crippen molar-refractivity contribution in [2.75, 3.05) is 39.3 Å². The quantitative estimate of drug-likeness (QED) is 0.644. The summed E-state index contributed by atoms with van der Waals surface area (Å²) in [4.78, 5) is 2.41. The van der Waals surface area contributed by atoms with Crippen molar-refractivity contribution in [1.29, 1.82) is 0 Å². The number of hydrogen-bond acceptors (Lipinski definition) is 3. The SMILES string of the molecule is CCN(CC)CCNCCOCc1ccccc1. The van der Waals surface area contributed by atoms with E-state index < -0.39 is 0 Å². The lowest BCUT2D eigenvalue weighted by molar-refractivity contribution is 0.122. The highest BCUT2D eigenvalue weighted by atomic mass is 16.5. The molecule has 1 aromatic carbocycles. The second kappa shape index (κ2) is 10.1. The standard InChI is InChI=1S/C15H26N2O/c1-3-17(4-2)12-10-16-11-13-18-14-15-8-6-5-7-9-15/h5-9,16H,3-4,10-14H2,1-2H3. The molecule has 0 aliphatic carbocycles. The first-order valence-corrected chi connectivity index (χ1v) is 6.91. The van der Waals surface area contributed by atoms with Crippen molar-refractivity contribution in [3.05, 3.63) is 35.9 Å². The largest absolute Gasteiger partial charge is 0.375 e. The molecule has 1 rings (SSSR count). The zero-order valence-electron chi connectivity index (χ0n) is 11.7. The van der Waals surface area contributed by atoms with Gasteiger partial charge in [0.25, 0.3) is 0 Å². The summed E-state index contributed by atoms with van der Waals surface area (Å²) in [5.41, 5.74) is 1.24. The lowest BCUT2D eigenvalue weighted by atomic mass is 10.2. The van der Waals surface area contributed by atoms with Crippen molar-refractivity contribution in [2.45, 2.75) is 20.5 Å². The van der Waals surface area contributed by atoms with Crippen LogP contribution in [0.4, 0.5) is 0 Å². The van der Waals surface area contributed by atoms with E-state index in [4.69, 9.17) is 4.74 Å². The van der Waals surface area contributed by atoms with E-state index in [1.54, 1.807) is 0 Å². The molecule has 1 N–H and O–H groups in total. The van der Waals surface area contributed by atoms with E-state index in [9.17, 15) is 0 Å². The van der Waals surface area contributed by atoms with Crippen LogP contribution >= 0.6 is 0 Å². The molecule has 0 radical (unpaired) electrons. The Morgan fingerprint density at radius 1 is 1.06 bits per heavy atom. The molecule has 0 saturated carbocycles. The Kier molecular flexibility index (Phi) is 8.47. The van der Waals surface area contributed by atoms with Gasteiger partial charge in [-0.1, -0.05) is 44.2 Å². The zero-order valence-corrected chi connectivity index (χ0v) is 11.7. The summed E-state index contributed by atoms with van der Waals surface area (Å²) in [6, 6.07) is 10.3. The first kappa shape index (κ1) is 15.2. The van der Waals surface area contributed by atoms with Gasteiger partial charge < -0.3 is 15.0 Å². The number of nitrogens with one attached hydrogen (secondary N) is 1. The highest BCUT2D eigenvalue weighted by Gasteiger charge is 1.97. The van der Waals surface area contributed by atoms with Gasteiger partial charge in [-0.25, -0.2) is 0 Å². The maximum atomic E-state index is 5.60. The van der Waals surface area contributed by atoms with E-state index >= 15 is 0 Å². The van der Waals surface area contributed by atoms with Gasteiger partial charge in [-0.2, -0.15) is 0 Å². The Hall–Kier alpha value is -0.900. The zero-order chi connectivity index (χ0) is 13.1. The van der Waals surface area contributed by atoms with Crippen LogP contribution in [-0.4, -0.2) is 44.2 Å². The Balaban J connectivity index is 1.93. The first-order chi connectivity index (χ1) is 8.86. The topological polar surface area (TPSA) is 24.5 Å².